The number of nitriles is 1. The van der Waals surface area contributed by atoms with Crippen LogP contribution in [0.2, 0.25) is 0 Å². The first-order chi connectivity index (χ1) is 24.9. The second-order valence-corrected chi connectivity index (χ2v) is 14.9. The van der Waals surface area contributed by atoms with E-state index in [1.807, 2.05) is 30.3 Å². The van der Waals surface area contributed by atoms with E-state index in [4.69, 9.17) is 15.0 Å². The van der Waals surface area contributed by atoms with E-state index in [0.29, 0.717) is 35.3 Å². The molecule has 11 nitrogen and oxygen atoms in total. The zero-order valence-electron chi connectivity index (χ0n) is 28.0. The molecule has 2 N–H and O–H groups in total. The number of H-pyrrole nitrogens is 1. The van der Waals surface area contributed by atoms with Crippen molar-refractivity contribution < 1.29 is 17.9 Å². The third-order valence-electron chi connectivity index (χ3n) is 10.1. The highest BCUT2D eigenvalue weighted by molar-refractivity contribution is 7.91. The Balaban J connectivity index is 1.08. The predicted octanol–water partition coefficient (Wildman–Crippen LogP) is 6.38. The number of likely N-dealkylation sites (tertiary alicyclic amines) is 1. The number of amides is 1. The maximum atomic E-state index is 14.1. The minimum absolute atomic E-state index is 0.0329. The molecule has 2 aliphatic rings. The maximum absolute atomic E-state index is 14.1. The van der Waals surface area contributed by atoms with Crippen LogP contribution >= 0.6 is 0 Å². The number of nitrogens with one attached hydrogen (secondary N) is 2. The number of fused-ring (bicyclic) bond motifs is 6. The Morgan fingerprint density at radius 3 is 2.33 bits per heavy atom. The van der Waals surface area contributed by atoms with Crippen LogP contribution in [-0.2, 0) is 21.0 Å². The van der Waals surface area contributed by atoms with Crippen LogP contribution in [0.25, 0.3) is 33.2 Å². The van der Waals surface area contributed by atoms with Crippen LogP contribution < -0.4 is 5.32 Å². The van der Waals surface area contributed by atoms with Gasteiger partial charge in [0.15, 0.2) is 5.03 Å². The van der Waals surface area contributed by atoms with Crippen molar-refractivity contribution in [2.24, 2.45) is 0 Å². The number of pyridine rings is 1. The average Bonchev–Trinajstić information content (AvgIpc) is 3.87. The van der Waals surface area contributed by atoms with Crippen LogP contribution in [0.5, 0.6) is 0 Å². The zero-order chi connectivity index (χ0) is 35.0. The lowest BCUT2D eigenvalue weighted by atomic mass is 9.98. The van der Waals surface area contributed by atoms with Crippen LogP contribution in [0, 0.1) is 11.3 Å². The molecule has 0 bridgehead atoms. The molecule has 1 fully saturated rings. The number of alkyl carbamates (subject to hydrolysis) is 1. The van der Waals surface area contributed by atoms with Gasteiger partial charge >= 0.3 is 6.09 Å². The van der Waals surface area contributed by atoms with Gasteiger partial charge in [-0.3, -0.25) is 0 Å². The number of ether oxygens (including phenoxy) is 1. The second kappa shape index (κ2) is 13.7. The number of nitrogens with zero attached hydrogens (tertiary/aromatic N) is 5. The van der Waals surface area contributed by atoms with Crippen LogP contribution in [0.1, 0.15) is 48.2 Å². The van der Waals surface area contributed by atoms with Gasteiger partial charge in [0.2, 0.25) is 9.84 Å². The van der Waals surface area contributed by atoms with Crippen LogP contribution in [-0.4, -0.2) is 71.7 Å². The Kier molecular flexibility index (Phi) is 8.75. The van der Waals surface area contributed by atoms with Gasteiger partial charge in [0.05, 0.1) is 16.5 Å². The summed E-state index contributed by atoms with van der Waals surface area (Å²) in [6, 6.07) is 28.9. The van der Waals surface area contributed by atoms with Gasteiger partial charge in [-0.25, -0.2) is 23.2 Å². The van der Waals surface area contributed by atoms with Crippen molar-refractivity contribution in [3.8, 4) is 17.2 Å². The summed E-state index contributed by atoms with van der Waals surface area (Å²) in [5.41, 5.74) is 6.10. The molecular formula is C39H37N7O4S. The van der Waals surface area contributed by atoms with Gasteiger partial charge < -0.3 is 24.5 Å². The third-order valence-corrected chi connectivity index (χ3v) is 11.8. The first kappa shape index (κ1) is 32.7. The van der Waals surface area contributed by atoms with Crippen LogP contribution in [0.15, 0.2) is 101 Å². The Bertz CT molecular complexity index is 2340. The summed E-state index contributed by atoms with van der Waals surface area (Å²) < 4.78 is 36.1. The highest BCUT2D eigenvalue weighted by Crippen LogP contribution is 2.44. The highest BCUT2D eigenvalue weighted by Gasteiger charge is 2.32. The number of sulfone groups is 1. The largest absolute Gasteiger partial charge is 0.449 e. The quantitative estimate of drug-likeness (QED) is 0.168. The van der Waals surface area contributed by atoms with Crippen molar-refractivity contribution in [2.75, 3.05) is 32.8 Å². The van der Waals surface area contributed by atoms with Crippen molar-refractivity contribution >= 4 is 38.0 Å². The fourth-order valence-electron chi connectivity index (χ4n) is 7.69. The first-order valence-corrected chi connectivity index (χ1v) is 18.8. The smallest absolute Gasteiger partial charge is 0.407 e. The van der Waals surface area contributed by atoms with E-state index in [9.17, 15) is 13.2 Å². The van der Waals surface area contributed by atoms with Gasteiger partial charge in [0, 0.05) is 62.6 Å². The Labute approximate surface area is 295 Å². The molecule has 12 heteroatoms. The zero-order valence-corrected chi connectivity index (χ0v) is 28.8. The SMILES string of the molecule is N#CCCN1CCC(n2c(CCNC(=O)OCC3c4ccccc4-c4ccccc43)nc3c(S(=O)(=O)c4ccccc4)nc4[nH]ccc4c32)CC1. The average molecular weight is 700 g/mol. The molecule has 3 aromatic carbocycles. The van der Waals surface area contributed by atoms with E-state index in [-0.39, 0.29) is 35.0 Å². The number of piperidine rings is 1. The molecule has 0 radical (unpaired) electrons. The van der Waals surface area contributed by atoms with E-state index >= 15 is 0 Å². The molecule has 0 spiro atoms. The van der Waals surface area contributed by atoms with E-state index in [2.05, 4.69) is 55.1 Å². The number of hydrogen-bond donors (Lipinski definition) is 2. The summed E-state index contributed by atoms with van der Waals surface area (Å²) in [7, 11) is -4.02. The monoisotopic (exact) mass is 699 g/mol. The number of aromatic amines is 1. The molecule has 6 aromatic rings. The lowest BCUT2D eigenvalue weighted by Gasteiger charge is -2.33. The van der Waals surface area contributed by atoms with E-state index < -0.39 is 15.9 Å². The lowest BCUT2D eigenvalue weighted by molar-refractivity contribution is 0.143. The third kappa shape index (κ3) is 6.02. The molecule has 1 amide bonds. The molecule has 1 aliphatic heterocycles. The lowest BCUT2D eigenvalue weighted by Crippen LogP contribution is -2.36. The molecule has 51 heavy (non-hydrogen) atoms. The summed E-state index contributed by atoms with van der Waals surface area (Å²) in [5, 5.41) is 12.7. The number of benzene rings is 3. The number of imidazole rings is 1. The van der Waals surface area contributed by atoms with Gasteiger partial charge in [-0.15, -0.1) is 0 Å². The number of carbonyl (C=O) groups is 1. The molecule has 8 rings (SSSR count). The van der Waals surface area contributed by atoms with Gasteiger partial charge in [0.25, 0.3) is 0 Å². The van der Waals surface area contributed by atoms with Crippen LogP contribution in [0.3, 0.4) is 0 Å². The maximum Gasteiger partial charge on any atom is 0.407 e. The van der Waals surface area contributed by atoms with E-state index in [1.54, 1.807) is 36.5 Å². The molecule has 0 atom stereocenters. The normalized spacial score (nSPS) is 15.1. The van der Waals surface area contributed by atoms with E-state index in [0.717, 1.165) is 60.1 Å². The Morgan fingerprint density at radius 2 is 1.63 bits per heavy atom. The fourth-order valence-corrected chi connectivity index (χ4v) is 9.03. The van der Waals surface area contributed by atoms with Gasteiger partial charge in [-0.1, -0.05) is 66.7 Å². The molecular weight excluding hydrogens is 663 g/mol. The van der Waals surface area contributed by atoms with Crippen LogP contribution in [0.4, 0.5) is 4.79 Å². The summed E-state index contributed by atoms with van der Waals surface area (Å²) >= 11 is 0. The predicted molar refractivity (Wildman–Crippen MR) is 193 cm³/mol. The van der Waals surface area contributed by atoms with Crippen molar-refractivity contribution in [1.29, 1.82) is 5.26 Å². The Morgan fingerprint density at radius 1 is 0.941 bits per heavy atom. The summed E-state index contributed by atoms with van der Waals surface area (Å²) in [4.78, 5) is 28.3. The van der Waals surface area contributed by atoms with Gasteiger partial charge in [-0.2, -0.15) is 5.26 Å². The number of rotatable bonds is 10. The van der Waals surface area contributed by atoms with Crippen molar-refractivity contribution in [2.45, 2.75) is 47.6 Å². The van der Waals surface area contributed by atoms with Crippen molar-refractivity contribution in [3.05, 3.63) is 108 Å². The summed E-state index contributed by atoms with van der Waals surface area (Å²) in [5.74, 6) is 0.618. The summed E-state index contributed by atoms with van der Waals surface area (Å²) in [6.45, 7) is 2.78. The second-order valence-electron chi connectivity index (χ2n) is 13.1. The molecule has 0 saturated carbocycles. The Hall–Kier alpha value is -5.51. The molecule has 0 unspecified atom stereocenters. The minimum atomic E-state index is -4.02. The standard InChI is InChI=1S/C39H37N7O4S/c40-19-8-22-45-23-17-26(18-24-45)46-34(16-21-42-39(47)50-25-33-30-13-6-4-11-28(30)29-12-5-7-14-31(29)33)43-35-36(46)32-15-20-41-37(32)44-38(35)51(48,49)27-9-2-1-3-10-27/h1-7,9-15,20,26,33H,8,16-18,21-25H2,(H,41,44)(H,42,47). The molecule has 1 aliphatic carbocycles. The number of aromatic nitrogens is 4. The van der Waals surface area contributed by atoms with E-state index in [1.165, 1.54) is 0 Å². The number of carbonyl (C=O) groups excluding carboxylic acids is 1. The highest BCUT2D eigenvalue weighted by atomic mass is 32.2. The van der Waals surface area contributed by atoms with Crippen molar-refractivity contribution in [1.82, 2.24) is 29.7 Å². The van der Waals surface area contributed by atoms with Gasteiger partial charge in [-0.05, 0) is 53.3 Å². The topological polar surface area (TPSA) is 146 Å². The first-order valence-electron chi connectivity index (χ1n) is 17.3. The van der Waals surface area contributed by atoms with Gasteiger partial charge in [0.1, 0.15) is 23.6 Å². The molecule has 3 aromatic heterocycles. The molecule has 1 saturated heterocycles. The van der Waals surface area contributed by atoms with Crippen molar-refractivity contribution in [3.63, 3.8) is 0 Å². The minimum Gasteiger partial charge on any atom is -0.449 e. The molecule has 258 valence electrons. The number of hydrogen-bond acceptors (Lipinski definition) is 8. The molecule has 4 heterocycles. The fraction of sp³-hybridized carbons (Fsp3) is 0.282. The summed E-state index contributed by atoms with van der Waals surface area (Å²) in [6.07, 6.45) is 3.67.